The molecule has 0 heterocycles. The van der Waals surface area contributed by atoms with Gasteiger partial charge < -0.3 is 20.4 Å². The second-order valence-electron chi connectivity index (χ2n) is 4.28. The lowest BCUT2D eigenvalue weighted by Gasteiger charge is -2.17. The molecule has 0 saturated heterocycles. The van der Waals surface area contributed by atoms with Crippen molar-refractivity contribution in [3.8, 4) is 5.75 Å². The number of carboxylic acid groups (broad SMARTS) is 3. The fraction of sp³-hybridized carbons (Fsp3) is 0.308. The average Bonchev–Trinajstić information content (AvgIpc) is 2.37. The molecular formula is C13H15O7P. The highest BCUT2D eigenvalue weighted by atomic mass is 31.1. The molecule has 0 bridgehead atoms. The molecule has 8 heteroatoms. The highest BCUT2D eigenvalue weighted by molar-refractivity contribution is 7.65. The molecule has 0 spiro atoms. The number of hydrogen-bond acceptors (Lipinski definition) is 4. The first-order valence-electron chi connectivity index (χ1n) is 6.06. The van der Waals surface area contributed by atoms with E-state index in [1.807, 2.05) is 0 Å². The summed E-state index contributed by atoms with van der Waals surface area (Å²) in [5.41, 5.74) is -0.245. The van der Waals surface area contributed by atoms with E-state index in [1.54, 1.807) is 0 Å². The maximum absolute atomic E-state index is 10.8. The topological polar surface area (TPSA) is 132 Å². The van der Waals surface area contributed by atoms with Gasteiger partial charge in [0.15, 0.2) is 0 Å². The molecule has 0 unspecified atom stereocenters. The summed E-state index contributed by atoms with van der Waals surface area (Å²) in [4.78, 5) is 32.1. The van der Waals surface area contributed by atoms with E-state index in [-0.39, 0.29) is 30.7 Å². The van der Waals surface area contributed by atoms with Gasteiger partial charge >= 0.3 is 17.9 Å². The first kappa shape index (κ1) is 16.9. The standard InChI is InChI=1S/C13H15O7P/c14-10-7-8(1-2-9(10)13(19)20)21(5-3-11(15)16)6-4-12(17)18/h1-2,7,14H,3-6H2,(H,15,16)(H,17,18)(H,19,20). The summed E-state index contributed by atoms with van der Waals surface area (Å²) in [5.74, 6) is -3.63. The molecule has 7 nitrogen and oxygen atoms in total. The van der Waals surface area contributed by atoms with E-state index >= 15 is 0 Å². The predicted molar refractivity (Wildman–Crippen MR) is 75.9 cm³/mol. The van der Waals surface area contributed by atoms with Gasteiger partial charge in [0.1, 0.15) is 11.3 Å². The number of phenols is 1. The van der Waals surface area contributed by atoms with Crippen molar-refractivity contribution in [3.05, 3.63) is 23.8 Å². The summed E-state index contributed by atoms with van der Waals surface area (Å²) in [5, 5.41) is 36.5. The van der Waals surface area contributed by atoms with Crippen molar-refractivity contribution in [1.82, 2.24) is 0 Å². The van der Waals surface area contributed by atoms with E-state index in [2.05, 4.69) is 0 Å². The third-order valence-electron chi connectivity index (χ3n) is 2.77. The third-order valence-corrected chi connectivity index (χ3v) is 5.30. The largest absolute Gasteiger partial charge is 0.507 e. The maximum atomic E-state index is 10.8. The van der Waals surface area contributed by atoms with E-state index in [9.17, 15) is 19.5 Å². The molecule has 0 aliphatic carbocycles. The van der Waals surface area contributed by atoms with Crippen molar-refractivity contribution < 1.29 is 34.8 Å². The Morgan fingerprint density at radius 2 is 1.48 bits per heavy atom. The zero-order chi connectivity index (χ0) is 16.0. The Labute approximate surface area is 121 Å². The molecule has 21 heavy (non-hydrogen) atoms. The van der Waals surface area contributed by atoms with Crippen LogP contribution in [0.5, 0.6) is 5.75 Å². The van der Waals surface area contributed by atoms with Crippen molar-refractivity contribution in [2.75, 3.05) is 12.3 Å². The molecule has 0 radical (unpaired) electrons. The van der Waals surface area contributed by atoms with Crippen LogP contribution in [0.2, 0.25) is 0 Å². The van der Waals surface area contributed by atoms with Gasteiger partial charge in [0.05, 0.1) is 0 Å². The fourth-order valence-electron chi connectivity index (χ4n) is 1.73. The fourth-order valence-corrected chi connectivity index (χ4v) is 3.98. The number of aromatic carboxylic acids is 1. The molecule has 0 aliphatic rings. The van der Waals surface area contributed by atoms with Crippen LogP contribution in [0.3, 0.4) is 0 Å². The number of carboxylic acids is 3. The summed E-state index contributed by atoms with van der Waals surface area (Å²) < 4.78 is 0. The molecule has 0 aliphatic heterocycles. The van der Waals surface area contributed by atoms with Crippen LogP contribution in [0.15, 0.2) is 18.2 Å². The number of aliphatic carboxylic acids is 2. The van der Waals surface area contributed by atoms with E-state index in [4.69, 9.17) is 15.3 Å². The lowest BCUT2D eigenvalue weighted by Crippen LogP contribution is -2.12. The highest BCUT2D eigenvalue weighted by Crippen LogP contribution is 2.37. The van der Waals surface area contributed by atoms with Crippen LogP contribution in [0.1, 0.15) is 23.2 Å². The minimum atomic E-state index is -1.26. The maximum Gasteiger partial charge on any atom is 0.339 e. The summed E-state index contributed by atoms with van der Waals surface area (Å²) >= 11 is 0. The normalized spacial score (nSPS) is 10.5. The minimum absolute atomic E-state index is 0.104. The van der Waals surface area contributed by atoms with Crippen LogP contribution in [0.4, 0.5) is 0 Å². The van der Waals surface area contributed by atoms with Crippen molar-refractivity contribution in [3.63, 3.8) is 0 Å². The molecule has 0 saturated carbocycles. The second kappa shape index (κ2) is 7.59. The minimum Gasteiger partial charge on any atom is -0.507 e. The SMILES string of the molecule is O=C(O)CCP(CCC(=O)O)c1ccc(C(=O)O)c(O)c1. The Morgan fingerprint density at radius 1 is 0.952 bits per heavy atom. The van der Waals surface area contributed by atoms with Crippen LogP contribution in [0, 0.1) is 0 Å². The van der Waals surface area contributed by atoms with Gasteiger partial charge in [-0.05, 0) is 29.8 Å². The van der Waals surface area contributed by atoms with Gasteiger partial charge in [-0.3, -0.25) is 9.59 Å². The van der Waals surface area contributed by atoms with Crippen molar-refractivity contribution in [2.45, 2.75) is 12.8 Å². The Hall–Kier alpha value is -2.14. The number of aromatic hydroxyl groups is 1. The van der Waals surface area contributed by atoms with E-state index in [1.165, 1.54) is 18.2 Å². The van der Waals surface area contributed by atoms with Gasteiger partial charge in [0.2, 0.25) is 0 Å². The smallest absolute Gasteiger partial charge is 0.339 e. The third kappa shape index (κ3) is 5.39. The summed E-state index contributed by atoms with van der Waals surface area (Å²) in [7, 11) is -1.08. The molecule has 0 amide bonds. The zero-order valence-electron chi connectivity index (χ0n) is 11.0. The van der Waals surface area contributed by atoms with E-state index in [0.29, 0.717) is 5.30 Å². The lowest BCUT2D eigenvalue weighted by atomic mass is 10.2. The quantitative estimate of drug-likeness (QED) is 0.529. The summed E-state index contributed by atoms with van der Waals surface area (Å²) in [6, 6.07) is 4.02. The molecular weight excluding hydrogens is 299 g/mol. The summed E-state index contributed by atoms with van der Waals surface area (Å²) in [6.07, 6.45) is 0.354. The molecule has 4 N–H and O–H groups in total. The van der Waals surface area contributed by atoms with Gasteiger partial charge in [0.25, 0.3) is 0 Å². The van der Waals surface area contributed by atoms with Crippen molar-refractivity contribution >= 4 is 31.1 Å². The molecule has 114 valence electrons. The van der Waals surface area contributed by atoms with Crippen LogP contribution in [-0.2, 0) is 9.59 Å². The molecule has 0 aromatic heterocycles. The average molecular weight is 314 g/mol. The lowest BCUT2D eigenvalue weighted by molar-refractivity contribution is -0.137. The van der Waals surface area contributed by atoms with Crippen LogP contribution < -0.4 is 5.30 Å². The Balaban J connectivity index is 2.95. The highest BCUT2D eigenvalue weighted by Gasteiger charge is 2.17. The van der Waals surface area contributed by atoms with Gasteiger partial charge in [-0.1, -0.05) is 14.0 Å². The predicted octanol–water partition coefficient (Wildman–Crippen LogP) is 1.15. The molecule has 1 rings (SSSR count). The van der Waals surface area contributed by atoms with E-state index < -0.39 is 31.6 Å². The van der Waals surface area contributed by atoms with Gasteiger partial charge in [-0.2, -0.15) is 0 Å². The Bertz CT molecular complexity index is 537. The van der Waals surface area contributed by atoms with Crippen LogP contribution in [-0.4, -0.2) is 50.7 Å². The van der Waals surface area contributed by atoms with Crippen molar-refractivity contribution in [2.24, 2.45) is 0 Å². The molecule has 0 fully saturated rings. The zero-order valence-corrected chi connectivity index (χ0v) is 11.9. The molecule has 0 atom stereocenters. The molecule has 1 aromatic rings. The Kier molecular flexibility index (Phi) is 6.11. The van der Waals surface area contributed by atoms with E-state index in [0.717, 1.165) is 0 Å². The van der Waals surface area contributed by atoms with Crippen LogP contribution >= 0.6 is 7.92 Å². The van der Waals surface area contributed by atoms with Crippen LogP contribution in [0.25, 0.3) is 0 Å². The number of carbonyl (C=O) groups is 3. The van der Waals surface area contributed by atoms with Crippen molar-refractivity contribution in [1.29, 1.82) is 0 Å². The van der Waals surface area contributed by atoms with Gasteiger partial charge in [0, 0.05) is 12.8 Å². The summed E-state index contributed by atoms with van der Waals surface area (Å²) in [6.45, 7) is 0. The number of rotatable bonds is 8. The molecule has 1 aromatic carbocycles. The van der Waals surface area contributed by atoms with Gasteiger partial charge in [-0.25, -0.2) is 4.79 Å². The second-order valence-corrected chi connectivity index (χ2v) is 6.77. The number of hydrogen-bond donors (Lipinski definition) is 4. The monoisotopic (exact) mass is 314 g/mol. The first-order valence-corrected chi connectivity index (χ1v) is 7.77. The number of benzene rings is 1. The Morgan fingerprint density at radius 3 is 1.86 bits per heavy atom. The first-order chi connectivity index (χ1) is 9.81. The van der Waals surface area contributed by atoms with Gasteiger partial charge in [-0.15, -0.1) is 0 Å².